The van der Waals surface area contributed by atoms with Gasteiger partial charge in [0.05, 0.1) is 6.04 Å². The molecule has 1 saturated heterocycles. The lowest BCUT2D eigenvalue weighted by Crippen LogP contribution is -2.44. The first kappa shape index (κ1) is 17.3. The molecule has 1 aromatic rings. The minimum absolute atomic E-state index is 0.393. The van der Waals surface area contributed by atoms with E-state index in [0.29, 0.717) is 6.04 Å². The number of aryl methyl sites for hydroxylation is 1. The summed E-state index contributed by atoms with van der Waals surface area (Å²) in [6.07, 6.45) is 5.79. The molecule has 0 radical (unpaired) electrons. The standard InChI is InChI=1S/C17H30N4S/c1-14-7-8-16(15-6-5-11-20(15)4)21(12-9-14)17(22)18-10-13-19(2)3/h5-6,11,14,16H,7-10,12-13H2,1-4H3,(H,18,22)/t14-,16-/m0/s1. The Morgan fingerprint density at radius 3 is 2.77 bits per heavy atom. The molecule has 0 unspecified atom stereocenters. The first-order valence-corrected chi connectivity index (χ1v) is 8.70. The van der Waals surface area contributed by atoms with Crippen molar-refractivity contribution >= 4 is 17.3 Å². The van der Waals surface area contributed by atoms with Crippen LogP contribution >= 0.6 is 12.2 Å². The molecule has 1 aliphatic heterocycles. The third-order valence-corrected chi connectivity index (χ3v) is 4.97. The van der Waals surface area contributed by atoms with Crippen LogP contribution in [0.2, 0.25) is 0 Å². The summed E-state index contributed by atoms with van der Waals surface area (Å²) in [6, 6.07) is 4.75. The predicted molar refractivity (Wildman–Crippen MR) is 97.0 cm³/mol. The van der Waals surface area contributed by atoms with Crippen molar-refractivity contribution in [2.24, 2.45) is 13.0 Å². The van der Waals surface area contributed by atoms with Crippen LogP contribution in [0.1, 0.15) is 37.9 Å². The Morgan fingerprint density at radius 2 is 2.14 bits per heavy atom. The number of aromatic nitrogens is 1. The topological polar surface area (TPSA) is 23.4 Å². The maximum absolute atomic E-state index is 5.71. The first-order chi connectivity index (χ1) is 10.5. The monoisotopic (exact) mass is 322 g/mol. The van der Waals surface area contributed by atoms with Crippen LogP contribution in [0.3, 0.4) is 0 Å². The zero-order valence-electron chi connectivity index (χ0n) is 14.4. The van der Waals surface area contributed by atoms with Gasteiger partial charge in [-0.05, 0) is 63.6 Å². The summed E-state index contributed by atoms with van der Waals surface area (Å²) in [5.41, 5.74) is 1.37. The quantitative estimate of drug-likeness (QED) is 0.861. The Morgan fingerprint density at radius 1 is 1.36 bits per heavy atom. The maximum Gasteiger partial charge on any atom is 0.169 e. The summed E-state index contributed by atoms with van der Waals surface area (Å²) in [5, 5.41) is 4.35. The average Bonchev–Trinajstić information content (AvgIpc) is 2.77. The van der Waals surface area contributed by atoms with Gasteiger partial charge in [0.15, 0.2) is 5.11 Å². The van der Waals surface area contributed by atoms with Crippen LogP contribution < -0.4 is 5.32 Å². The fourth-order valence-corrected chi connectivity index (χ4v) is 3.44. The van der Waals surface area contributed by atoms with Gasteiger partial charge in [-0.1, -0.05) is 6.92 Å². The van der Waals surface area contributed by atoms with Crippen LogP contribution in [0.5, 0.6) is 0 Å². The summed E-state index contributed by atoms with van der Waals surface area (Å²) >= 11 is 5.71. The molecule has 2 rings (SSSR count). The highest BCUT2D eigenvalue weighted by Gasteiger charge is 2.28. The largest absolute Gasteiger partial charge is 0.361 e. The van der Waals surface area contributed by atoms with E-state index in [0.717, 1.165) is 30.7 Å². The molecule has 124 valence electrons. The van der Waals surface area contributed by atoms with Crippen molar-refractivity contribution in [2.45, 2.75) is 32.2 Å². The third kappa shape index (κ3) is 4.46. The minimum Gasteiger partial charge on any atom is -0.361 e. The molecule has 22 heavy (non-hydrogen) atoms. The normalized spacial score (nSPS) is 22.7. The molecular formula is C17H30N4S. The van der Waals surface area contributed by atoms with Gasteiger partial charge in [0.2, 0.25) is 0 Å². The summed E-state index contributed by atoms with van der Waals surface area (Å²) in [7, 11) is 6.31. The Labute approximate surface area is 140 Å². The molecule has 0 saturated carbocycles. The summed E-state index contributed by atoms with van der Waals surface area (Å²) in [4.78, 5) is 4.58. The van der Waals surface area contributed by atoms with Gasteiger partial charge >= 0.3 is 0 Å². The number of hydrogen-bond acceptors (Lipinski definition) is 2. The lowest BCUT2D eigenvalue weighted by atomic mass is 10.0. The van der Waals surface area contributed by atoms with Crippen molar-refractivity contribution in [3.63, 3.8) is 0 Å². The van der Waals surface area contributed by atoms with Gasteiger partial charge in [0, 0.05) is 38.6 Å². The number of nitrogens with one attached hydrogen (secondary N) is 1. The molecule has 2 heterocycles. The lowest BCUT2D eigenvalue weighted by Gasteiger charge is -2.33. The smallest absolute Gasteiger partial charge is 0.169 e. The lowest BCUT2D eigenvalue weighted by molar-refractivity contribution is 0.304. The highest BCUT2D eigenvalue weighted by atomic mass is 32.1. The van der Waals surface area contributed by atoms with Gasteiger partial charge < -0.3 is 19.7 Å². The predicted octanol–water partition coefficient (Wildman–Crippen LogP) is 2.62. The fourth-order valence-electron chi connectivity index (χ4n) is 3.12. The molecule has 1 fully saturated rings. The molecule has 1 aromatic heterocycles. The molecule has 0 spiro atoms. The molecule has 0 amide bonds. The summed E-state index contributed by atoms with van der Waals surface area (Å²) in [6.45, 7) is 5.30. The van der Waals surface area contributed by atoms with E-state index in [9.17, 15) is 0 Å². The Kier molecular flexibility index (Phi) is 6.26. The van der Waals surface area contributed by atoms with Gasteiger partial charge in [-0.3, -0.25) is 0 Å². The number of likely N-dealkylation sites (tertiary alicyclic amines) is 1. The summed E-state index contributed by atoms with van der Waals surface area (Å²) in [5.74, 6) is 0.775. The van der Waals surface area contributed by atoms with Crippen molar-refractivity contribution in [1.29, 1.82) is 0 Å². The number of rotatable bonds is 4. The Balaban J connectivity index is 2.09. The minimum atomic E-state index is 0.393. The van der Waals surface area contributed by atoms with Crippen LogP contribution in [0.15, 0.2) is 18.3 Å². The van der Waals surface area contributed by atoms with Gasteiger partial charge in [-0.2, -0.15) is 0 Å². The molecule has 2 atom stereocenters. The van der Waals surface area contributed by atoms with E-state index in [4.69, 9.17) is 12.2 Å². The van der Waals surface area contributed by atoms with Crippen molar-refractivity contribution in [3.8, 4) is 0 Å². The van der Waals surface area contributed by atoms with Gasteiger partial charge in [0.1, 0.15) is 0 Å². The number of nitrogens with zero attached hydrogens (tertiary/aromatic N) is 3. The second-order valence-corrected chi connectivity index (χ2v) is 7.15. The van der Waals surface area contributed by atoms with Crippen LogP contribution in [-0.4, -0.2) is 53.2 Å². The first-order valence-electron chi connectivity index (χ1n) is 8.29. The zero-order valence-corrected chi connectivity index (χ0v) is 15.2. The third-order valence-electron chi connectivity index (χ3n) is 4.59. The Bertz CT molecular complexity index is 483. The number of thiocarbonyl (C=S) groups is 1. The van der Waals surface area contributed by atoms with E-state index in [2.05, 4.69) is 66.1 Å². The molecule has 0 aromatic carbocycles. The molecule has 5 heteroatoms. The van der Waals surface area contributed by atoms with Crippen molar-refractivity contribution in [3.05, 3.63) is 24.0 Å². The van der Waals surface area contributed by atoms with Gasteiger partial charge in [-0.25, -0.2) is 0 Å². The van der Waals surface area contributed by atoms with Gasteiger partial charge in [-0.15, -0.1) is 0 Å². The highest BCUT2D eigenvalue weighted by Crippen LogP contribution is 2.32. The molecule has 0 aliphatic carbocycles. The Hall–Kier alpha value is -1.07. The average molecular weight is 323 g/mol. The van der Waals surface area contributed by atoms with Crippen molar-refractivity contribution < 1.29 is 0 Å². The fraction of sp³-hybridized carbons (Fsp3) is 0.706. The van der Waals surface area contributed by atoms with Crippen LogP contribution in [0, 0.1) is 5.92 Å². The molecule has 0 bridgehead atoms. The van der Waals surface area contributed by atoms with E-state index in [1.165, 1.54) is 25.0 Å². The van der Waals surface area contributed by atoms with Crippen molar-refractivity contribution in [1.82, 2.24) is 19.7 Å². The molecule has 1 aliphatic rings. The number of hydrogen-bond donors (Lipinski definition) is 1. The van der Waals surface area contributed by atoms with E-state index in [-0.39, 0.29) is 0 Å². The highest BCUT2D eigenvalue weighted by molar-refractivity contribution is 7.80. The van der Waals surface area contributed by atoms with E-state index in [1.807, 2.05) is 0 Å². The zero-order chi connectivity index (χ0) is 16.1. The maximum atomic E-state index is 5.71. The van der Waals surface area contributed by atoms with Crippen LogP contribution in [-0.2, 0) is 7.05 Å². The molecular weight excluding hydrogens is 292 g/mol. The van der Waals surface area contributed by atoms with Crippen LogP contribution in [0.25, 0.3) is 0 Å². The second-order valence-electron chi connectivity index (χ2n) is 6.76. The molecule has 4 nitrogen and oxygen atoms in total. The van der Waals surface area contributed by atoms with Crippen molar-refractivity contribution in [2.75, 3.05) is 33.7 Å². The van der Waals surface area contributed by atoms with E-state index < -0.39 is 0 Å². The second kappa shape index (κ2) is 7.97. The van der Waals surface area contributed by atoms with Crippen LogP contribution in [0.4, 0.5) is 0 Å². The van der Waals surface area contributed by atoms with Gasteiger partial charge in [0.25, 0.3) is 0 Å². The summed E-state index contributed by atoms with van der Waals surface area (Å²) < 4.78 is 2.23. The van der Waals surface area contributed by atoms with E-state index >= 15 is 0 Å². The SMILES string of the molecule is C[C@H]1CC[C@@H](c2cccn2C)N(C(=S)NCCN(C)C)CC1. The number of likely N-dealkylation sites (N-methyl/N-ethyl adjacent to an activating group) is 1. The molecule has 1 N–H and O–H groups in total. The van der Waals surface area contributed by atoms with E-state index in [1.54, 1.807) is 0 Å².